The smallest absolute Gasteiger partial charge is 0.356 e. The lowest BCUT2D eigenvalue weighted by molar-refractivity contribution is -0.384. The first kappa shape index (κ1) is 28.8. The highest BCUT2D eigenvalue weighted by Crippen LogP contribution is 2.48. The maximum Gasteiger partial charge on any atom is 0.356 e. The van der Waals surface area contributed by atoms with Crippen LogP contribution < -0.4 is 0 Å². The highest BCUT2D eigenvalue weighted by Gasteiger charge is 2.59. The minimum absolute atomic E-state index is 0.0184. The fourth-order valence-electron chi connectivity index (χ4n) is 4.70. The number of β-lactam (4-membered cyclic amide) rings is 1. The molecular weight excluding hydrogens is 536 g/mol. The molecule has 0 saturated carbocycles. The van der Waals surface area contributed by atoms with Gasteiger partial charge in [-0.05, 0) is 54.9 Å². The summed E-state index contributed by atoms with van der Waals surface area (Å²) in [7, 11) is -3.82. The Morgan fingerprint density at radius 1 is 1.15 bits per heavy atom. The molecule has 2 aliphatic rings. The van der Waals surface area contributed by atoms with Gasteiger partial charge in [0.25, 0.3) is 5.69 Å². The number of carbonyl (C=O) groups excluding carboxylic acids is 2. The van der Waals surface area contributed by atoms with E-state index in [-0.39, 0.29) is 47.5 Å². The van der Waals surface area contributed by atoms with Crippen molar-refractivity contribution in [1.82, 2.24) is 4.90 Å². The van der Waals surface area contributed by atoms with Gasteiger partial charge < -0.3 is 14.1 Å². The number of fused-ring (bicyclic) bond motifs is 1. The zero-order valence-corrected chi connectivity index (χ0v) is 24.8. The molecule has 4 rings (SSSR count). The Morgan fingerprint density at radius 3 is 2.33 bits per heavy atom. The molecule has 39 heavy (non-hydrogen) atoms. The van der Waals surface area contributed by atoms with Gasteiger partial charge in [-0.25, -0.2) is 9.00 Å². The predicted octanol–water partition coefficient (Wildman–Crippen LogP) is 5.30. The number of esters is 1. The number of non-ortho nitro benzene ring substituents is 1. The third-order valence-electron chi connectivity index (χ3n) is 7.85. The van der Waals surface area contributed by atoms with Crippen LogP contribution in [-0.2, 0) is 36.2 Å². The van der Waals surface area contributed by atoms with E-state index in [1.54, 1.807) is 24.3 Å². The van der Waals surface area contributed by atoms with Crippen molar-refractivity contribution in [2.45, 2.75) is 75.9 Å². The number of nitro groups is 1. The van der Waals surface area contributed by atoms with E-state index in [1.807, 2.05) is 13.0 Å². The summed E-state index contributed by atoms with van der Waals surface area (Å²) in [4.78, 5) is 39.6. The van der Waals surface area contributed by atoms with Gasteiger partial charge in [-0.3, -0.25) is 14.9 Å². The zero-order valence-electron chi connectivity index (χ0n) is 23.0. The summed E-state index contributed by atoms with van der Waals surface area (Å²) in [5.41, 5.74) is 0.502. The lowest BCUT2D eigenvalue weighted by Crippen LogP contribution is -2.63. The lowest BCUT2D eigenvalue weighted by atomic mass is 9.83. The first-order valence-corrected chi connectivity index (χ1v) is 16.9. The molecule has 0 radical (unpaired) electrons. The number of benzene rings is 2. The summed E-state index contributed by atoms with van der Waals surface area (Å²) in [6, 6.07) is 14.1. The topological polar surface area (TPSA) is 116 Å². The molecule has 2 aromatic carbocycles. The van der Waals surface area contributed by atoms with Crippen molar-refractivity contribution in [2.75, 3.05) is 0 Å². The molecule has 4 atom stereocenters. The van der Waals surface area contributed by atoms with E-state index in [4.69, 9.17) is 9.16 Å². The van der Waals surface area contributed by atoms with E-state index < -0.39 is 35.9 Å². The van der Waals surface area contributed by atoms with Crippen LogP contribution in [0.3, 0.4) is 0 Å². The number of amides is 1. The third kappa shape index (κ3) is 5.61. The molecule has 0 aromatic heterocycles. The zero-order chi connectivity index (χ0) is 28.7. The van der Waals surface area contributed by atoms with Gasteiger partial charge in [-0.15, -0.1) is 0 Å². The molecule has 2 aromatic rings. The lowest BCUT2D eigenvalue weighted by Gasteiger charge is -2.48. The van der Waals surface area contributed by atoms with Crippen LogP contribution in [0.15, 0.2) is 70.1 Å². The van der Waals surface area contributed by atoms with Gasteiger partial charge in [-0.1, -0.05) is 39.0 Å². The average molecular weight is 571 g/mol. The fraction of sp³-hybridized carbons (Fsp3) is 0.429. The Labute approximate surface area is 231 Å². The first-order valence-electron chi connectivity index (χ1n) is 12.8. The summed E-state index contributed by atoms with van der Waals surface area (Å²) in [6.45, 7) is 12.4. The number of nitrogens with zero attached hydrogens (tertiary/aromatic N) is 2. The molecule has 1 amide bonds. The number of carbonyl (C=O) groups is 2. The number of hydrogen-bond donors (Lipinski definition) is 0. The van der Waals surface area contributed by atoms with Crippen molar-refractivity contribution in [3.63, 3.8) is 0 Å². The predicted molar refractivity (Wildman–Crippen MR) is 149 cm³/mol. The Morgan fingerprint density at radius 2 is 1.77 bits per heavy atom. The largest absolute Gasteiger partial charge is 0.456 e. The number of hydrogen-bond acceptors (Lipinski definition) is 7. The van der Waals surface area contributed by atoms with E-state index >= 15 is 0 Å². The molecule has 11 heteroatoms. The molecule has 1 fully saturated rings. The van der Waals surface area contributed by atoms with Crippen LogP contribution in [0.25, 0.3) is 0 Å². The fourth-order valence-corrected chi connectivity index (χ4v) is 7.50. The van der Waals surface area contributed by atoms with Crippen molar-refractivity contribution in [3.8, 4) is 0 Å². The highest BCUT2D eigenvalue weighted by atomic mass is 32.2. The van der Waals surface area contributed by atoms with E-state index in [9.17, 15) is 23.9 Å². The van der Waals surface area contributed by atoms with Gasteiger partial charge in [0.1, 0.15) is 12.3 Å². The van der Waals surface area contributed by atoms with Gasteiger partial charge in [0, 0.05) is 23.4 Å². The second-order valence-electron chi connectivity index (χ2n) is 11.4. The molecule has 2 aliphatic heterocycles. The molecule has 0 N–H and O–H groups in total. The second-order valence-corrected chi connectivity index (χ2v) is 17.7. The van der Waals surface area contributed by atoms with Crippen LogP contribution in [0.4, 0.5) is 5.69 Å². The monoisotopic (exact) mass is 570 g/mol. The van der Waals surface area contributed by atoms with Crippen molar-refractivity contribution >= 4 is 36.7 Å². The van der Waals surface area contributed by atoms with Crippen molar-refractivity contribution in [1.29, 1.82) is 0 Å². The molecule has 9 nitrogen and oxygen atoms in total. The molecule has 0 aliphatic carbocycles. The summed E-state index contributed by atoms with van der Waals surface area (Å²) >= 11 is 0. The SMILES string of the molecule is C[C@@H](O[Si](C)(C)C(C)(C)C)[C@H]1C(=O)N2C(C(=O)OCc3ccc([N+](=O)[O-])cc3)=C(S(=O)c3ccccc3)C[C@@H]12. The van der Waals surface area contributed by atoms with Crippen LogP contribution in [0, 0.1) is 16.0 Å². The third-order valence-corrected chi connectivity index (χ3v) is 13.9. The Bertz CT molecular complexity index is 1340. The molecular formula is C28H34N2O7SSi. The minimum atomic E-state index is -2.16. The van der Waals surface area contributed by atoms with Crippen LogP contribution in [-0.4, -0.2) is 46.4 Å². The standard InChI is InChI=1S/C28H34N2O7SSi/c1-18(37-39(5,6)28(2,3)4)24-22-16-23(38(35)21-10-8-7-9-11-21)25(29(22)26(24)31)27(32)36-17-19-12-14-20(15-13-19)30(33)34/h7-15,18,22,24H,16-17H2,1-6H3/t18-,22+,24-,38?/m1/s1. The number of rotatable bonds is 9. The van der Waals surface area contributed by atoms with E-state index in [0.29, 0.717) is 15.4 Å². The molecule has 208 valence electrons. The van der Waals surface area contributed by atoms with Gasteiger partial charge in [0.05, 0.1) is 38.7 Å². The maximum atomic E-state index is 13.6. The summed E-state index contributed by atoms with van der Waals surface area (Å²) in [5.74, 6) is -1.45. The molecule has 1 unspecified atom stereocenters. The van der Waals surface area contributed by atoms with Crippen LogP contribution in [0.1, 0.15) is 39.7 Å². The highest BCUT2D eigenvalue weighted by molar-refractivity contribution is 7.89. The van der Waals surface area contributed by atoms with Gasteiger partial charge >= 0.3 is 5.97 Å². The number of ether oxygens (including phenoxy) is 1. The van der Waals surface area contributed by atoms with Crippen molar-refractivity contribution in [2.24, 2.45) is 5.92 Å². The van der Waals surface area contributed by atoms with Crippen LogP contribution in [0.2, 0.25) is 18.1 Å². The van der Waals surface area contributed by atoms with E-state index in [1.165, 1.54) is 29.2 Å². The summed E-state index contributed by atoms with van der Waals surface area (Å²) in [5, 5.41) is 10.9. The quantitative estimate of drug-likeness (QED) is 0.132. The molecule has 1 saturated heterocycles. The molecule has 2 heterocycles. The van der Waals surface area contributed by atoms with Gasteiger partial charge in [0.2, 0.25) is 5.91 Å². The minimum Gasteiger partial charge on any atom is -0.456 e. The van der Waals surface area contributed by atoms with Crippen molar-refractivity contribution in [3.05, 3.63) is 80.9 Å². The Hall–Kier alpha value is -3.15. The van der Waals surface area contributed by atoms with Crippen molar-refractivity contribution < 1.29 is 27.9 Å². The average Bonchev–Trinajstić information content (AvgIpc) is 3.21. The Kier molecular flexibility index (Phi) is 7.97. The first-order chi connectivity index (χ1) is 18.2. The van der Waals surface area contributed by atoms with E-state index in [2.05, 4.69) is 33.9 Å². The Balaban J connectivity index is 1.58. The molecule has 0 bridgehead atoms. The molecule has 0 spiro atoms. The van der Waals surface area contributed by atoms with Crippen LogP contribution >= 0.6 is 0 Å². The summed E-state index contributed by atoms with van der Waals surface area (Å²) in [6.07, 6.45) is -0.0769. The van der Waals surface area contributed by atoms with Gasteiger partial charge in [-0.2, -0.15) is 0 Å². The summed E-state index contributed by atoms with van der Waals surface area (Å²) < 4.78 is 25.7. The van der Waals surface area contributed by atoms with Crippen LogP contribution in [0.5, 0.6) is 0 Å². The number of nitro benzene ring substituents is 1. The second kappa shape index (κ2) is 10.8. The van der Waals surface area contributed by atoms with Gasteiger partial charge in [0.15, 0.2) is 8.32 Å². The normalized spacial score (nSPS) is 20.8. The maximum absolute atomic E-state index is 13.6. The van der Waals surface area contributed by atoms with E-state index in [0.717, 1.165) is 0 Å².